The molecule has 1 aliphatic heterocycles. The molecule has 2 aromatic carbocycles. The van der Waals surface area contributed by atoms with E-state index < -0.39 is 0 Å². The zero-order valence-electron chi connectivity index (χ0n) is 16.8. The monoisotopic (exact) mass is 441 g/mol. The number of piperidine rings is 1. The van der Waals surface area contributed by atoms with Crippen LogP contribution in [0.4, 0.5) is 0 Å². The number of rotatable bonds is 6. The van der Waals surface area contributed by atoms with E-state index >= 15 is 0 Å². The highest BCUT2D eigenvalue weighted by Gasteiger charge is 2.27. The van der Waals surface area contributed by atoms with E-state index in [0.717, 1.165) is 37.9 Å². The standard InChI is InChI=1S/C23H24ClN3O2S/c1-16(30-23-26-25-21(29-23)19-7-9-20(24)10-8-19)22(28)27-13-11-18(12-14-27)15-17-5-3-2-4-6-17/h2-10,16,18H,11-15H2,1H3. The van der Waals surface area contributed by atoms with Crippen LogP contribution in [0.2, 0.25) is 5.02 Å². The first kappa shape index (κ1) is 20.9. The molecule has 5 nitrogen and oxygen atoms in total. The fourth-order valence-electron chi connectivity index (χ4n) is 3.73. The van der Waals surface area contributed by atoms with E-state index in [4.69, 9.17) is 16.0 Å². The minimum Gasteiger partial charge on any atom is -0.411 e. The fraction of sp³-hybridized carbons (Fsp3) is 0.348. The molecule has 0 aliphatic carbocycles. The van der Waals surface area contributed by atoms with Crippen LogP contribution in [0.3, 0.4) is 0 Å². The molecule has 2 heterocycles. The van der Waals surface area contributed by atoms with Gasteiger partial charge in [0.25, 0.3) is 5.22 Å². The van der Waals surface area contributed by atoms with Gasteiger partial charge in [-0.05, 0) is 61.9 Å². The SMILES string of the molecule is CC(Sc1nnc(-c2ccc(Cl)cc2)o1)C(=O)N1CCC(Cc2ccccc2)CC1. The Morgan fingerprint density at radius 3 is 2.53 bits per heavy atom. The maximum atomic E-state index is 12.9. The molecule has 7 heteroatoms. The summed E-state index contributed by atoms with van der Waals surface area (Å²) in [4.78, 5) is 14.9. The Morgan fingerprint density at radius 1 is 1.13 bits per heavy atom. The number of nitrogens with zero attached hydrogens (tertiary/aromatic N) is 3. The summed E-state index contributed by atoms with van der Waals surface area (Å²) in [6.07, 6.45) is 3.17. The van der Waals surface area contributed by atoms with Gasteiger partial charge in [-0.15, -0.1) is 10.2 Å². The summed E-state index contributed by atoms with van der Waals surface area (Å²) in [5.41, 5.74) is 2.18. The van der Waals surface area contributed by atoms with Gasteiger partial charge in [0.1, 0.15) is 0 Å². The number of amides is 1. The van der Waals surface area contributed by atoms with Crippen molar-refractivity contribution in [1.29, 1.82) is 0 Å². The zero-order valence-corrected chi connectivity index (χ0v) is 18.4. The number of hydrogen-bond acceptors (Lipinski definition) is 5. The van der Waals surface area contributed by atoms with E-state index in [-0.39, 0.29) is 11.2 Å². The lowest BCUT2D eigenvalue weighted by molar-refractivity contribution is -0.131. The van der Waals surface area contributed by atoms with E-state index in [1.54, 1.807) is 12.1 Å². The topological polar surface area (TPSA) is 59.2 Å². The molecule has 0 N–H and O–H groups in total. The Hall–Kier alpha value is -2.31. The van der Waals surface area contributed by atoms with Crippen molar-refractivity contribution in [3.63, 3.8) is 0 Å². The second-order valence-corrected chi connectivity index (χ2v) is 9.33. The van der Waals surface area contributed by atoms with Gasteiger partial charge in [-0.2, -0.15) is 0 Å². The predicted octanol–water partition coefficient (Wildman–Crippen LogP) is 5.35. The summed E-state index contributed by atoms with van der Waals surface area (Å²) in [5.74, 6) is 1.19. The van der Waals surface area contributed by atoms with Crippen molar-refractivity contribution in [3.05, 3.63) is 65.2 Å². The number of carbonyl (C=O) groups is 1. The minimum atomic E-state index is -0.269. The smallest absolute Gasteiger partial charge is 0.277 e. The molecule has 156 valence electrons. The molecule has 0 bridgehead atoms. The van der Waals surface area contributed by atoms with Gasteiger partial charge < -0.3 is 9.32 Å². The molecule has 30 heavy (non-hydrogen) atoms. The molecule has 0 spiro atoms. The zero-order chi connectivity index (χ0) is 20.9. The van der Waals surface area contributed by atoms with Crippen molar-refractivity contribution in [2.45, 2.75) is 36.7 Å². The third-order valence-electron chi connectivity index (χ3n) is 5.42. The molecular formula is C23H24ClN3O2S. The quantitative estimate of drug-likeness (QED) is 0.482. The van der Waals surface area contributed by atoms with Gasteiger partial charge in [-0.3, -0.25) is 4.79 Å². The minimum absolute atomic E-state index is 0.129. The largest absolute Gasteiger partial charge is 0.411 e. The van der Waals surface area contributed by atoms with Crippen LogP contribution >= 0.6 is 23.4 Å². The van der Waals surface area contributed by atoms with Crippen LogP contribution in [0.1, 0.15) is 25.3 Å². The molecule has 1 fully saturated rings. The van der Waals surface area contributed by atoms with Gasteiger partial charge in [0, 0.05) is 23.7 Å². The van der Waals surface area contributed by atoms with E-state index in [1.807, 2.05) is 30.0 Å². The highest BCUT2D eigenvalue weighted by Crippen LogP contribution is 2.29. The van der Waals surface area contributed by atoms with Gasteiger partial charge in [0.05, 0.1) is 5.25 Å². The van der Waals surface area contributed by atoms with Crippen LogP contribution in [0, 0.1) is 5.92 Å². The predicted molar refractivity (Wildman–Crippen MR) is 120 cm³/mol. The number of aromatic nitrogens is 2. The summed E-state index contributed by atoms with van der Waals surface area (Å²) < 4.78 is 5.73. The summed E-state index contributed by atoms with van der Waals surface area (Å²) >= 11 is 7.23. The van der Waals surface area contributed by atoms with Gasteiger partial charge in [0.2, 0.25) is 11.8 Å². The van der Waals surface area contributed by atoms with E-state index in [0.29, 0.717) is 22.1 Å². The summed E-state index contributed by atoms with van der Waals surface area (Å²) in [5, 5.41) is 8.96. The Bertz CT molecular complexity index is 970. The van der Waals surface area contributed by atoms with Gasteiger partial charge in [-0.1, -0.05) is 53.7 Å². The lowest BCUT2D eigenvalue weighted by Gasteiger charge is -2.33. The molecule has 0 saturated carbocycles. The van der Waals surface area contributed by atoms with Crippen molar-refractivity contribution < 1.29 is 9.21 Å². The first-order valence-corrected chi connectivity index (χ1v) is 11.4. The van der Waals surface area contributed by atoms with Crippen molar-refractivity contribution in [1.82, 2.24) is 15.1 Å². The fourth-order valence-corrected chi connectivity index (χ4v) is 4.62. The van der Waals surface area contributed by atoms with Gasteiger partial charge in [-0.25, -0.2) is 0 Å². The first-order chi connectivity index (χ1) is 14.6. The number of thioether (sulfide) groups is 1. The Labute approximate surface area is 185 Å². The molecule has 1 amide bonds. The average Bonchev–Trinajstić information content (AvgIpc) is 3.23. The van der Waals surface area contributed by atoms with Crippen molar-refractivity contribution in [3.8, 4) is 11.5 Å². The van der Waals surface area contributed by atoms with Crippen LogP contribution in [0.25, 0.3) is 11.5 Å². The van der Waals surface area contributed by atoms with Crippen molar-refractivity contribution in [2.75, 3.05) is 13.1 Å². The van der Waals surface area contributed by atoms with Crippen molar-refractivity contribution in [2.24, 2.45) is 5.92 Å². The van der Waals surface area contributed by atoms with E-state index in [1.165, 1.54) is 17.3 Å². The highest BCUT2D eigenvalue weighted by molar-refractivity contribution is 8.00. The second kappa shape index (κ2) is 9.67. The van der Waals surface area contributed by atoms with E-state index in [2.05, 4.69) is 34.5 Å². The lowest BCUT2D eigenvalue weighted by atomic mass is 9.90. The number of likely N-dealkylation sites (tertiary alicyclic amines) is 1. The number of hydrogen-bond donors (Lipinski definition) is 0. The third kappa shape index (κ3) is 5.24. The average molecular weight is 442 g/mol. The number of halogens is 1. The second-order valence-electron chi connectivity index (χ2n) is 7.60. The Kier molecular flexibility index (Phi) is 6.75. The van der Waals surface area contributed by atoms with Crippen LogP contribution < -0.4 is 0 Å². The molecule has 1 aromatic heterocycles. The molecular weight excluding hydrogens is 418 g/mol. The maximum absolute atomic E-state index is 12.9. The molecule has 3 aromatic rings. The van der Waals surface area contributed by atoms with Crippen LogP contribution in [-0.2, 0) is 11.2 Å². The molecule has 0 radical (unpaired) electrons. The lowest BCUT2D eigenvalue weighted by Crippen LogP contribution is -2.42. The van der Waals surface area contributed by atoms with Gasteiger partial charge >= 0.3 is 0 Å². The maximum Gasteiger partial charge on any atom is 0.277 e. The van der Waals surface area contributed by atoms with Gasteiger partial charge in [0.15, 0.2) is 0 Å². The van der Waals surface area contributed by atoms with Crippen LogP contribution in [0.5, 0.6) is 0 Å². The summed E-state index contributed by atoms with van der Waals surface area (Å²) in [6.45, 7) is 3.51. The van der Waals surface area contributed by atoms with Crippen molar-refractivity contribution >= 4 is 29.3 Å². The summed E-state index contributed by atoms with van der Waals surface area (Å²) in [7, 11) is 0. The molecule has 1 saturated heterocycles. The summed E-state index contributed by atoms with van der Waals surface area (Å²) in [6, 6.07) is 17.8. The normalized spacial score (nSPS) is 15.9. The molecule has 1 unspecified atom stereocenters. The van der Waals surface area contributed by atoms with E-state index in [9.17, 15) is 4.79 Å². The first-order valence-electron chi connectivity index (χ1n) is 10.2. The number of benzene rings is 2. The number of carbonyl (C=O) groups excluding carboxylic acids is 1. The third-order valence-corrected chi connectivity index (χ3v) is 6.59. The van der Waals surface area contributed by atoms with Crippen LogP contribution in [-0.4, -0.2) is 39.3 Å². The highest BCUT2D eigenvalue weighted by atomic mass is 35.5. The van der Waals surface area contributed by atoms with Crippen LogP contribution in [0.15, 0.2) is 64.2 Å². The molecule has 1 atom stereocenters. The Balaban J connectivity index is 1.29. The Morgan fingerprint density at radius 2 is 1.83 bits per heavy atom. The molecule has 1 aliphatic rings. The molecule has 4 rings (SSSR count).